The third-order valence-corrected chi connectivity index (χ3v) is 3.04. The molecule has 0 aromatic carbocycles. The van der Waals surface area contributed by atoms with Crippen molar-refractivity contribution in [3.63, 3.8) is 0 Å². The molecule has 3 N–H and O–H groups in total. The lowest BCUT2D eigenvalue weighted by Crippen LogP contribution is -2.19. The fourth-order valence-electron chi connectivity index (χ4n) is 1.62. The van der Waals surface area contributed by atoms with Gasteiger partial charge < -0.3 is 10.7 Å². The molecule has 0 radical (unpaired) electrons. The Labute approximate surface area is 101 Å². The molecule has 0 aliphatic rings. The summed E-state index contributed by atoms with van der Waals surface area (Å²) >= 11 is 0. The van der Waals surface area contributed by atoms with Crippen molar-refractivity contribution in [3.8, 4) is 0 Å². The molecular weight excluding hydrogens is 212 g/mol. The van der Waals surface area contributed by atoms with Gasteiger partial charge >= 0.3 is 0 Å². The Morgan fingerprint density at radius 3 is 2.82 bits per heavy atom. The van der Waals surface area contributed by atoms with Crippen molar-refractivity contribution >= 4 is 16.9 Å². The standard InChI is InChI=1S/C13H18N4/c1-8(2)9(3)17-12(14)10-4-6-15-13-11(10)5-7-16-13/h4-9H,1-3H3,(H2,14,17)(H,15,16). The molecule has 2 aromatic rings. The quantitative estimate of drug-likeness (QED) is 0.627. The Kier molecular flexibility index (Phi) is 3.13. The van der Waals surface area contributed by atoms with E-state index >= 15 is 0 Å². The minimum atomic E-state index is 0.220. The Morgan fingerprint density at radius 2 is 2.12 bits per heavy atom. The highest BCUT2D eigenvalue weighted by Gasteiger charge is 2.09. The molecular formula is C13H18N4. The lowest BCUT2D eigenvalue weighted by Gasteiger charge is -2.12. The van der Waals surface area contributed by atoms with Crippen molar-refractivity contribution in [2.75, 3.05) is 0 Å². The molecule has 0 fully saturated rings. The number of H-pyrrole nitrogens is 1. The Morgan fingerprint density at radius 1 is 1.35 bits per heavy atom. The molecule has 2 rings (SSSR count). The third-order valence-electron chi connectivity index (χ3n) is 3.04. The maximum Gasteiger partial charge on any atom is 0.137 e. The first-order chi connectivity index (χ1) is 8.09. The van der Waals surface area contributed by atoms with E-state index in [4.69, 9.17) is 5.73 Å². The highest BCUT2D eigenvalue weighted by Crippen LogP contribution is 2.15. The van der Waals surface area contributed by atoms with Crippen LogP contribution in [0.25, 0.3) is 11.0 Å². The number of aliphatic imine (C=N–C) groups is 1. The Balaban J connectivity index is 2.43. The van der Waals surface area contributed by atoms with Crippen molar-refractivity contribution in [1.29, 1.82) is 0 Å². The molecule has 1 atom stereocenters. The second kappa shape index (κ2) is 4.57. The van der Waals surface area contributed by atoms with Gasteiger partial charge in [-0.1, -0.05) is 13.8 Å². The lowest BCUT2D eigenvalue weighted by atomic mass is 10.1. The fourth-order valence-corrected chi connectivity index (χ4v) is 1.62. The molecule has 0 aliphatic carbocycles. The molecule has 2 aromatic heterocycles. The van der Waals surface area contributed by atoms with Crippen LogP contribution < -0.4 is 5.73 Å². The molecule has 0 spiro atoms. The van der Waals surface area contributed by atoms with Gasteiger partial charge in [-0.15, -0.1) is 0 Å². The summed E-state index contributed by atoms with van der Waals surface area (Å²) in [5.74, 6) is 1.07. The maximum atomic E-state index is 6.07. The number of rotatable bonds is 3. The summed E-state index contributed by atoms with van der Waals surface area (Å²) < 4.78 is 0. The van der Waals surface area contributed by atoms with Gasteiger partial charge in [-0.05, 0) is 25.0 Å². The monoisotopic (exact) mass is 230 g/mol. The Bertz CT molecular complexity index is 539. The summed E-state index contributed by atoms with van der Waals surface area (Å²) in [6.07, 6.45) is 3.61. The summed E-state index contributed by atoms with van der Waals surface area (Å²) in [6.45, 7) is 6.35. The predicted molar refractivity (Wildman–Crippen MR) is 71.1 cm³/mol. The number of amidine groups is 1. The van der Waals surface area contributed by atoms with Gasteiger partial charge in [0, 0.05) is 23.3 Å². The number of nitrogens with two attached hydrogens (primary N) is 1. The van der Waals surface area contributed by atoms with Crippen LogP contribution in [0, 0.1) is 5.92 Å². The molecule has 1 unspecified atom stereocenters. The van der Waals surface area contributed by atoms with Crippen molar-refractivity contribution in [2.45, 2.75) is 26.8 Å². The van der Waals surface area contributed by atoms with Crippen molar-refractivity contribution in [3.05, 3.63) is 30.1 Å². The zero-order chi connectivity index (χ0) is 12.4. The fraction of sp³-hybridized carbons (Fsp3) is 0.385. The number of nitrogens with zero attached hydrogens (tertiary/aromatic N) is 2. The largest absolute Gasteiger partial charge is 0.383 e. The van der Waals surface area contributed by atoms with Crippen LogP contribution in [-0.4, -0.2) is 21.8 Å². The summed E-state index contributed by atoms with van der Waals surface area (Å²) in [6, 6.07) is 4.10. The molecule has 0 amide bonds. The van der Waals surface area contributed by atoms with Crippen LogP contribution >= 0.6 is 0 Å². The number of pyridine rings is 1. The smallest absolute Gasteiger partial charge is 0.137 e. The predicted octanol–water partition coefficient (Wildman–Crippen LogP) is 2.31. The molecule has 0 saturated heterocycles. The molecule has 4 nitrogen and oxygen atoms in total. The van der Waals surface area contributed by atoms with Crippen LogP contribution in [0.15, 0.2) is 29.5 Å². The highest BCUT2D eigenvalue weighted by molar-refractivity contribution is 6.07. The zero-order valence-corrected chi connectivity index (χ0v) is 10.4. The SMILES string of the molecule is CC(C)C(C)N=C(N)c1ccnc2[nH]ccc12. The van der Waals surface area contributed by atoms with Gasteiger partial charge in [-0.25, -0.2) is 4.98 Å². The first-order valence-corrected chi connectivity index (χ1v) is 5.85. The van der Waals surface area contributed by atoms with Gasteiger partial charge in [-0.2, -0.15) is 0 Å². The molecule has 0 saturated carbocycles. The van der Waals surface area contributed by atoms with E-state index in [-0.39, 0.29) is 6.04 Å². The highest BCUT2D eigenvalue weighted by atomic mass is 14.9. The van der Waals surface area contributed by atoms with Gasteiger partial charge in [0.2, 0.25) is 0 Å². The van der Waals surface area contributed by atoms with Crippen LogP contribution in [0.2, 0.25) is 0 Å². The van der Waals surface area contributed by atoms with Crippen molar-refractivity contribution in [1.82, 2.24) is 9.97 Å². The van der Waals surface area contributed by atoms with Crippen LogP contribution in [0.3, 0.4) is 0 Å². The first-order valence-electron chi connectivity index (χ1n) is 5.85. The lowest BCUT2D eigenvalue weighted by molar-refractivity contribution is 0.531. The van der Waals surface area contributed by atoms with Crippen molar-refractivity contribution in [2.24, 2.45) is 16.6 Å². The number of fused-ring (bicyclic) bond motifs is 1. The van der Waals surface area contributed by atoms with Crippen LogP contribution in [-0.2, 0) is 0 Å². The summed E-state index contributed by atoms with van der Waals surface area (Å²) in [5, 5.41) is 1.02. The van der Waals surface area contributed by atoms with E-state index in [0.717, 1.165) is 16.6 Å². The minimum absolute atomic E-state index is 0.220. The molecule has 4 heteroatoms. The second-order valence-electron chi connectivity index (χ2n) is 4.60. The van der Waals surface area contributed by atoms with E-state index in [1.54, 1.807) is 6.20 Å². The summed E-state index contributed by atoms with van der Waals surface area (Å²) in [7, 11) is 0. The third kappa shape index (κ3) is 2.30. The van der Waals surface area contributed by atoms with Gasteiger partial charge in [0.1, 0.15) is 11.5 Å². The van der Waals surface area contributed by atoms with Gasteiger partial charge in [0.05, 0.1) is 6.04 Å². The number of hydrogen-bond acceptors (Lipinski definition) is 2. The number of hydrogen-bond donors (Lipinski definition) is 2. The summed E-state index contributed by atoms with van der Waals surface area (Å²) in [4.78, 5) is 11.8. The van der Waals surface area contributed by atoms with E-state index in [1.807, 2.05) is 18.3 Å². The molecule has 0 aliphatic heterocycles. The van der Waals surface area contributed by atoms with Gasteiger partial charge in [-0.3, -0.25) is 4.99 Å². The van der Waals surface area contributed by atoms with E-state index in [9.17, 15) is 0 Å². The topological polar surface area (TPSA) is 67.1 Å². The van der Waals surface area contributed by atoms with E-state index in [0.29, 0.717) is 11.8 Å². The molecule has 17 heavy (non-hydrogen) atoms. The Hall–Kier alpha value is -1.84. The molecule has 0 bridgehead atoms. The first kappa shape index (κ1) is 11.6. The normalized spacial score (nSPS) is 14.5. The number of aromatic nitrogens is 2. The van der Waals surface area contributed by atoms with Crippen LogP contribution in [0.1, 0.15) is 26.3 Å². The average molecular weight is 230 g/mol. The van der Waals surface area contributed by atoms with Crippen LogP contribution in [0.5, 0.6) is 0 Å². The summed E-state index contributed by atoms with van der Waals surface area (Å²) in [5.41, 5.74) is 7.86. The van der Waals surface area contributed by atoms with E-state index in [1.165, 1.54) is 0 Å². The van der Waals surface area contributed by atoms with E-state index < -0.39 is 0 Å². The van der Waals surface area contributed by atoms with Gasteiger partial charge in [0.15, 0.2) is 0 Å². The van der Waals surface area contributed by atoms with Crippen molar-refractivity contribution < 1.29 is 0 Å². The molecule has 90 valence electrons. The zero-order valence-electron chi connectivity index (χ0n) is 10.4. The molecule has 2 heterocycles. The minimum Gasteiger partial charge on any atom is -0.383 e. The number of nitrogens with one attached hydrogen (secondary N) is 1. The maximum absolute atomic E-state index is 6.07. The van der Waals surface area contributed by atoms with Crippen LogP contribution in [0.4, 0.5) is 0 Å². The second-order valence-corrected chi connectivity index (χ2v) is 4.60. The van der Waals surface area contributed by atoms with E-state index in [2.05, 4.69) is 35.7 Å². The number of aromatic amines is 1. The van der Waals surface area contributed by atoms with Gasteiger partial charge in [0.25, 0.3) is 0 Å². The average Bonchev–Trinajstić information content (AvgIpc) is 2.76.